The van der Waals surface area contributed by atoms with Crippen molar-refractivity contribution in [3.05, 3.63) is 87.2 Å². The van der Waals surface area contributed by atoms with Crippen molar-refractivity contribution in [2.24, 2.45) is 4.99 Å². The molecule has 5 nitrogen and oxygen atoms in total. The molecule has 6 heteroatoms. The van der Waals surface area contributed by atoms with Crippen LogP contribution in [0.1, 0.15) is 135 Å². The molecule has 1 atom stereocenters. The van der Waals surface area contributed by atoms with E-state index in [4.69, 9.17) is 14.5 Å². The Labute approximate surface area is 283 Å². The third-order valence-corrected chi connectivity index (χ3v) is 8.95. The lowest BCUT2D eigenvalue weighted by molar-refractivity contribution is 0.0507. The number of ether oxygens (including phenoxy) is 2. The van der Waals surface area contributed by atoms with Crippen molar-refractivity contribution in [3.63, 3.8) is 0 Å². The van der Waals surface area contributed by atoms with Crippen LogP contribution in [0.2, 0.25) is 0 Å². The van der Waals surface area contributed by atoms with Gasteiger partial charge in [0.25, 0.3) is 0 Å². The Balaban J connectivity index is 2.62. The van der Waals surface area contributed by atoms with Crippen LogP contribution in [0.25, 0.3) is 0 Å². The fraction of sp³-hybridized carbons (Fsp3) is 0.537. The number of methoxy groups -OCH3 is 2. The molecular weight excluding hydrogens is 589 g/mol. The highest BCUT2D eigenvalue weighted by atomic mass is 19.1. The van der Waals surface area contributed by atoms with E-state index in [-0.39, 0.29) is 33.0 Å². The van der Waals surface area contributed by atoms with E-state index in [9.17, 15) is 14.6 Å². The van der Waals surface area contributed by atoms with Crippen molar-refractivity contribution in [2.75, 3.05) is 14.2 Å². The Morgan fingerprint density at radius 3 is 1.34 bits per heavy atom. The molecule has 0 aliphatic heterocycles. The minimum atomic E-state index is -1.65. The molecule has 0 radical (unpaired) electrons. The molecule has 0 saturated carbocycles. The maximum atomic E-state index is 14.2. The molecule has 47 heavy (non-hydrogen) atoms. The summed E-state index contributed by atoms with van der Waals surface area (Å²) >= 11 is 0. The summed E-state index contributed by atoms with van der Waals surface area (Å²) in [6.07, 6.45) is 1.92. The number of aliphatic hydroxyl groups is 1. The summed E-state index contributed by atoms with van der Waals surface area (Å²) in [5, 5.41) is 24.1. The number of aromatic hydroxyl groups is 1. The quantitative estimate of drug-likeness (QED) is 0.239. The summed E-state index contributed by atoms with van der Waals surface area (Å²) in [4.78, 5) is 4.93. The molecule has 0 spiro atoms. The average Bonchev–Trinajstić information content (AvgIpc) is 2.95. The molecule has 0 aliphatic carbocycles. The number of rotatable bonds is 8. The molecule has 2 N–H and O–H groups in total. The van der Waals surface area contributed by atoms with Crippen LogP contribution < -0.4 is 9.47 Å². The molecule has 3 rings (SSSR count). The highest BCUT2D eigenvalue weighted by Crippen LogP contribution is 2.49. The zero-order chi connectivity index (χ0) is 35.9. The maximum Gasteiger partial charge on any atom is 0.137 e. The van der Waals surface area contributed by atoms with Gasteiger partial charge >= 0.3 is 0 Å². The van der Waals surface area contributed by atoms with Crippen molar-refractivity contribution < 1.29 is 24.1 Å². The molecular formula is C41H58FNO4. The van der Waals surface area contributed by atoms with Gasteiger partial charge in [-0.05, 0) is 81.7 Å². The van der Waals surface area contributed by atoms with Gasteiger partial charge in [-0.1, -0.05) is 90.0 Å². The number of phenols is 1. The van der Waals surface area contributed by atoms with E-state index in [0.717, 1.165) is 33.8 Å². The molecule has 0 saturated heterocycles. The largest absolute Gasteiger partial charge is 0.507 e. The van der Waals surface area contributed by atoms with E-state index in [1.165, 1.54) is 24.4 Å². The Morgan fingerprint density at radius 2 is 1.04 bits per heavy atom. The predicted molar refractivity (Wildman–Crippen MR) is 194 cm³/mol. The minimum Gasteiger partial charge on any atom is -0.507 e. The van der Waals surface area contributed by atoms with E-state index in [1.54, 1.807) is 14.2 Å². The summed E-state index contributed by atoms with van der Waals surface area (Å²) in [6, 6.07) is 11.3. The van der Waals surface area contributed by atoms with Crippen LogP contribution in [-0.4, -0.2) is 36.7 Å². The minimum absolute atomic E-state index is 0.0856. The lowest BCUT2D eigenvalue weighted by atomic mass is 9.70. The number of nitrogens with zero attached hydrogens (tertiary/aromatic N) is 1. The summed E-state index contributed by atoms with van der Waals surface area (Å²) in [5.41, 5.74) is 2.62. The zero-order valence-electron chi connectivity index (χ0n) is 31.4. The molecule has 0 aliphatic rings. The summed E-state index contributed by atoms with van der Waals surface area (Å²) in [6.45, 7) is 27.7. The zero-order valence-corrected chi connectivity index (χ0v) is 31.4. The van der Waals surface area contributed by atoms with Crippen molar-refractivity contribution in [1.29, 1.82) is 0 Å². The number of hydrogen-bond donors (Lipinski definition) is 2. The van der Waals surface area contributed by atoms with Gasteiger partial charge in [-0.15, -0.1) is 0 Å². The van der Waals surface area contributed by atoms with Crippen molar-refractivity contribution >= 4 is 6.21 Å². The van der Waals surface area contributed by atoms with Gasteiger partial charge in [-0.25, -0.2) is 4.39 Å². The van der Waals surface area contributed by atoms with E-state index < -0.39 is 17.5 Å². The number of halogens is 1. The highest BCUT2D eigenvalue weighted by molar-refractivity contribution is 5.83. The second-order valence-corrected chi connectivity index (χ2v) is 16.9. The second kappa shape index (κ2) is 13.3. The van der Waals surface area contributed by atoms with E-state index >= 15 is 0 Å². The number of benzene rings is 3. The van der Waals surface area contributed by atoms with Gasteiger partial charge in [0.2, 0.25) is 0 Å². The SMILES string of the molecule is CCC(N=Cc1cc(F)ccc1O)C(O)(c1cc(C(C)(C)C)c(OC)c(C(C)(C)C)c1)c1cc(C(C)(C)C)c(OC)c(C(C)(C)C)c1. The van der Waals surface area contributed by atoms with E-state index in [0.29, 0.717) is 17.5 Å². The third-order valence-electron chi connectivity index (χ3n) is 8.95. The first kappa shape index (κ1) is 38.1. The van der Waals surface area contributed by atoms with Gasteiger partial charge in [0, 0.05) is 34.0 Å². The van der Waals surface area contributed by atoms with E-state index in [2.05, 4.69) is 107 Å². The fourth-order valence-electron chi connectivity index (χ4n) is 6.23. The van der Waals surface area contributed by atoms with Gasteiger partial charge in [0.15, 0.2) is 0 Å². The predicted octanol–water partition coefficient (Wildman–Crippen LogP) is 9.87. The molecule has 0 aromatic heterocycles. The molecule has 3 aromatic rings. The van der Waals surface area contributed by atoms with Crippen molar-refractivity contribution in [3.8, 4) is 17.2 Å². The smallest absolute Gasteiger partial charge is 0.137 e. The maximum absolute atomic E-state index is 14.2. The van der Waals surface area contributed by atoms with Gasteiger partial charge in [-0.2, -0.15) is 0 Å². The van der Waals surface area contributed by atoms with Crippen LogP contribution in [0.3, 0.4) is 0 Å². The molecule has 0 heterocycles. The molecule has 3 aromatic carbocycles. The number of phenolic OH excluding ortho intramolecular Hbond substituents is 1. The van der Waals surface area contributed by atoms with E-state index in [1.807, 2.05) is 6.92 Å². The summed E-state index contributed by atoms with van der Waals surface area (Å²) in [7, 11) is 3.40. The van der Waals surface area contributed by atoms with Crippen LogP contribution in [0.5, 0.6) is 17.2 Å². The normalized spacial score (nSPS) is 14.1. The lowest BCUT2D eigenvalue weighted by Gasteiger charge is -2.40. The molecule has 258 valence electrons. The Morgan fingerprint density at radius 1 is 0.681 bits per heavy atom. The first-order valence-electron chi connectivity index (χ1n) is 16.6. The lowest BCUT2D eigenvalue weighted by Crippen LogP contribution is -2.41. The summed E-state index contributed by atoms with van der Waals surface area (Å²) < 4.78 is 26.4. The summed E-state index contributed by atoms with van der Waals surface area (Å²) in [5.74, 6) is 1.04. The Hall–Kier alpha value is -3.38. The van der Waals surface area contributed by atoms with Gasteiger partial charge in [0.05, 0.1) is 20.3 Å². The molecule has 1 unspecified atom stereocenters. The molecule has 0 bridgehead atoms. The highest BCUT2D eigenvalue weighted by Gasteiger charge is 2.44. The topological polar surface area (TPSA) is 71.3 Å². The van der Waals surface area contributed by atoms with Gasteiger partial charge in [-0.3, -0.25) is 4.99 Å². The van der Waals surface area contributed by atoms with Crippen molar-refractivity contribution in [2.45, 2.75) is 130 Å². The van der Waals surface area contributed by atoms with Crippen molar-refractivity contribution in [1.82, 2.24) is 0 Å². The van der Waals surface area contributed by atoms with Crippen LogP contribution in [0, 0.1) is 5.82 Å². The number of hydrogen-bond acceptors (Lipinski definition) is 5. The molecule has 0 fully saturated rings. The average molecular weight is 648 g/mol. The van der Waals surface area contributed by atoms with Gasteiger partial charge < -0.3 is 19.7 Å². The number of aliphatic imine (C=N–C) groups is 1. The van der Waals surface area contributed by atoms with Crippen LogP contribution in [0.15, 0.2) is 47.5 Å². The second-order valence-electron chi connectivity index (χ2n) is 16.9. The molecule has 0 amide bonds. The van der Waals surface area contributed by atoms with Gasteiger partial charge in [0.1, 0.15) is 28.7 Å². The third kappa shape index (κ3) is 7.85. The standard InChI is InChI=1S/C41H58FNO4/c1-16-34(43-24-25-19-28(42)17-18-33(25)44)41(45,26-20-29(37(2,3)4)35(46-14)30(21-26)38(5,6)7)27-22-31(39(8,9)10)36(47-15)32(23-27)40(11,12)13/h17-24,34,44-45H,16H2,1-15H3. The van der Waals surface area contributed by atoms with Crippen LogP contribution in [0.4, 0.5) is 4.39 Å². The first-order chi connectivity index (χ1) is 21.4. The fourth-order valence-corrected chi connectivity index (χ4v) is 6.23. The Bertz CT molecular complexity index is 1460. The first-order valence-corrected chi connectivity index (χ1v) is 16.6. The monoisotopic (exact) mass is 647 g/mol. The Kier molecular flexibility index (Phi) is 10.7. The van der Waals surface area contributed by atoms with Crippen LogP contribution in [-0.2, 0) is 27.3 Å². The van der Waals surface area contributed by atoms with Crippen LogP contribution >= 0.6 is 0 Å².